The van der Waals surface area contributed by atoms with Gasteiger partial charge in [-0.3, -0.25) is 4.68 Å². The van der Waals surface area contributed by atoms with E-state index in [0.29, 0.717) is 0 Å². The van der Waals surface area contributed by atoms with Crippen LogP contribution in [-0.4, -0.2) is 16.9 Å². The summed E-state index contributed by atoms with van der Waals surface area (Å²) >= 11 is 0. The SMILES string of the molecule is CCc1cc(-c2ccc(-c3ccnn3C)cc2)ccc1OC. The van der Waals surface area contributed by atoms with Gasteiger partial charge < -0.3 is 4.74 Å². The van der Waals surface area contributed by atoms with Gasteiger partial charge in [-0.2, -0.15) is 5.10 Å². The number of aromatic nitrogens is 2. The molecule has 0 amide bonds. The lowest BCUT2D eigenvalue weighted by Gasteiger charge is -2.10. The molecule has 0 atom stereocenters. The molecule has 22 heavy (non-hydrogen) atoms. The molecule has 0 saturated carbocycles. The molecule has 1 heterocycles. The highest BCUT2D eigenvalue weighted by Crippen LogP contribution is 2.28. The standard InChI is InChI=1S/C19H20N2O/c1-4-14-13-17(9-10-19(14)22-3)15-5-7-16(8-6-15)18-11-12-20-21(18)2/h5-13H,4H2,1-3H3. The fraction of sp³-hybridized carbons (Fsp3) is 0.211. The molecular formula is C19H20N2O. The number of methoxy groups -OCH3 is 1. The third-order valence-corrected chi connectivity index (χ3v) is 4.00. The second-order valence-electron chi connectivity index (χ2n) is 5.30. The third kappa shape index (κ3) is 2.62. The van der Waals surface area contributed by atoms with E-state index in [9.17, 15) is 0 Å². The predicted octanol–water partition coefficient (Wildman–Crippen LogP) is 4.33. The van der Waals surface area contributed by atoms with Crippen LogP contribution in [0.5, 0.6) is 5.75 Å². The summed E-state index contributed by atoms with van der Waals surface area (Å²) in [5, 5.41) is 4.22. The van der Waals surface area contributed by atoms with Crippen LogP contribution < -0.4 is 4.74 Å². The van der Waals surface area contributed by atoms with Crippen LogP contribution in [0.1, 0.15) is 12.5 Å². The zero-order valence-electron chi connectivity index (χ0n) is 13.2. The van der Waals surface area contributed by atoms with Gasteiger partial charge in [-0.1, -0.05) is 37.3 Å². The van der Waals surface area contributed by atoms with Crippen molar-refractivity contribution in [1.82, 2.24) is 9.78 Å². The van der Waals surface area contributed by atoms with Crippen molar-refractivity contribution >= 4 is 0 Å². The Morgan fingerprint density at radius 1 is 0.955 bits per heavy atom. The monoisotopic (exact) mass is 292 g/mol. The zero-order valence-corrected chi connectivity index (χ0v) is 13.2. The molecule has 3 nitrogen and oxygen atoms in total. The molecule has 3 aromatic rings. The fourth-order valence-corrected chi connectivity index (χ4v) is 2.72. The Hall–Kier alpha value is -2.55. The maximum atomic E-state index is 5.40. The molecule has 2 aromatic carbocycles. The van der Waals surface area contributed by atoms with Gasteiger partial charge in [-0.15, -0.1) is 0 Å². The van der Waals surface area contributed by atoms with E-state index in [-0.39, 0.29) is 0 Å². The third-order valence-electron chi connectivity index (χ3n) is 4.00. The highest BCUT2D eigenvalue weighted by atomic mass is 16.5. The van der Waals surface area contributed by atoms with Crippen LogP contribution in [0.3, 0.4) is 0 Å². The maximum absolute atomic E-state index is 5.40. The molecule has 112 valence electrons. The summed E-state index contributed by atoms with van der Waals surface area (Å²) in [7, 11) is 3.68. The summed E-state index contributed by atoms with van der Waals surface area (Å²) in [4.78, 5) is 0. The first-order chi connectivity index (χ1) is 10.7. The van der Waals surface area contributed by atoms with Gasteiger partial charge in [0.1, 0.15) is 5.75 Å². The molecule has 0 aliphatic rings. The van der Waals surface area contributed by atoms with Crippen molar-refractivity contribution < 1.29 is 4.74 Å². The minimum Gasteiger partial charge on any atom is -0.496 e. The molecule has 3 rings (SSSR count). The lowest BCUT2D eigenvalue weighted by atomic mass is 9.99. The highest BCUT2D eigenvalue weighted by molar-refractivity contribution is 5.70. The van der Waals surface area contributed by atoms with Gasteiger partial charge in [0.2, 0.25) is 0 Å². The van der Waals surface area contributed by atoms with Gasteiger partial charge >= 0.3 is 0 Å². The Kier molecular flexibility index (Phi) is 3.96. The summed E-state index contributed by atoms with van der Waals surface area (Å²) in [5.74, 6) is 0.956. The van der Waals surface area contributed by atoms with Crippen LogP contribution in [-0.2, 0) is 13.5 Å². The summed E-state index contributed by atoms with van der Waals surface area (Å²) in [6, 6.07) is 17.0. The summed E-state index contributed by atoms with van der Waals surface area (Å²) in [6.45, 7) is 2.15. The molecule has 0 N–H and O–H groups in total. The smallest absolute Gasteiger partial charge is 0.122 e. The van der Waals surface area contributed by atoms with E-state index in [4.69, 9.17) is 4.74 Å². The van der Waals surface area contributed by atoms with Crippen molar-refractivity contribution in [3.05, 3.63) is 60.3 Å². The number of benzene rings is 2. The van der Waals surface area contributed by atoms with Crippen LogP contribution in [0.4, 0.5) is 0 Å². The van der Waals surface area contributed by atoms with Gasteiger partial charge in [-0.05, 0) is 46.9 Å². The number of aryl methyl sites for hydroxylation is 2. The lowest BCUT2D eigenvalue weighted by Crippen LogP contribution is -1.93. The van der Waals surface area contributed by atoms with E-state index in [0.717, 1.165) is 17.9 Å². The molecule has 0 spiro atoms. The Morgan fingerprint density at radius 3 is 2.23 bits per heavy atom. The molecule has 0 radical (unpaired) electrons. The summed E-state index contributed by atoms with van der Waals surface area (Å²) in [6.07, 6.45) is 2.78. The van der Waals surface area contributed by atoms with Gasteiger partial charge in [0.15, 0.2) is 0 Å². The normalized spacial score (nSPS) is 10.7. The Morgan fingerprint density at radius 2 is 1.64 bits per heavy atom. The maximum Gasteiger partial charge on any atom is 0.122 e. The molecular weight excluding hydrogens is 272 g/mol. The average Bonchev–Trinajstić information content (AvgIpc) is 3.00. The largest absolute Gasteiger partial charge is 0.496 e. The molecule has 0 fully saturated rings. The second kappa shape index (κ2) is 6.06. The number of hydrogen-bond acceptors (Lipinski definition) is 2. The van der Waals surface area contributed by atoms with E-state index in [2.05, 4.69) is 48.4 Å². The van der Waals surface area contributed by atoms with Crippen molar-refractivity contribution in [3.63, 3.8) is 0 Å². The van der Waals surface area contributed by atoms with Crippen molar-refractivity contribution in [3.8, 4) is 28.1 Å². The first-order valence-electron chi connectivity index (χ1n) is 7.48. The van der Waals surface area contributed by atoms with E-state index in [1.54, 1.807) is 7.11 Å². The molecule has 0 bridgehead atoms. The lowest BCUT2D eigenvalue weighted by molar-refractivity contribution is 0.410. The summed E-state index contributed by atoms with van der Waals surface area (Å²) < 4.78 is 7.29. The molecule has 1 aromatic heterocycles. The molecule has 0 aliphatic heterocycles. The second-order valence-corrected chi connectivity index (χ2v) is 5.30. The first-order valence-corrected chi connectivity index (χ1v) is 7.48. The van der Waals surface area contributed by atoms with Crippen LogP contribution >= 0.6 is 0 Å². The van der Waals surface area contributed by atoms with Crippen LogP contribution in [0, 0.1) is 0 Å². The van der Waals surface area contributed by atoms with Crippen LogP contribution in [0.25, 0.3) is 22.4 Å². The Balaban J connectivity index is 1.95. The first kappa shape index (κ1) is 14.4. The van der Waals surface area contributed by atoms with Gasteiger partial charge in [0.25, 0.3) is 0 Å². The van der Waals surface area contributed by atoms with Crippen LogP contribution in [0.2, 0.25) is 0 Å². The van der Waals surface area contributed by atoms with Gasteiger partial charge in [0.05, 0.1) is 12.8 Å². The van der Waals surface area contributed by atoms with Gasteiger partial charge in [-0.25, -0.2) is 0 Å². The van der Waals surface area contributed by atoms with E-state index >= 15 is 0 Å². The van der Waals surface area contributed by atoms with Crippen molar-refractivity contribution in [2.45, 2.75) is 13.3 Å². The van der Waals surface area contributed by atoms with Crippen molar-refractivity contribution in [2.75, 3.05) is 7.11 Å². The Bertz CT molecular complexity index is 772. The predicted molar refractivity (Wildman–Crippen MR) is 90.0 cm³/mol. The van der Waals surface area contributed by atoms with Crippen molar-refractivity contribution in [1.29, 1.82) is 0 Å². The topological polar surface area (TPSA) is 27.1 Å². The zero-order chi connectivity index (χ0) is 15.5. The van der Waals surface area contributed by atoms with E-state index < -0.39 is 0 Å². The molecule has 0 saturated heterocycles. The number of ether oxygens (including phenoxy) is 1. The molecule has 0 unspecified atom stereocenters. The average molecular weight is 292 g/mol. The molecule has 0 aliphatic carbocycles. The van der Waals surface area contributed by atoms with Crippen LogP contribution in [0.15, 0.2) is 54.7 Å². The quantitative estimate of drug-likeness (QED) is 0.716. The van der Waals surface area contributed by atoms with E-state index in [1.165, 1.54) is 22.3 Å². The summed E-state index contributed by atoms with van der Waals surface area (Å²) in [5.41, 5.74) is 5.96. The molecule has 3 heteroatoms. The minimum absolute atomic E-state index is 0.956. The number of hydrogen-bond donors (Lipinski definition) is 0. The minimum atomic E-state index is 0.956. The number of rotatable bonds is 4. The highest BCUT2D eigenvalue weighted by Gasteiger charge is 2.06. The van der Waals surface area contributed by atoms with E-state index in [1.807, 2.05) is 30.1 Å². The fourth-order valence-electron chi connectivity index (χ4n) is 2.72. The number of nitrogens with zero attached hydrogens (tertiary/aromatic N) is 2. The Labute approximate surface area is 131 Å². The van der Waals surface area contributed by atoms with Gasteiger partial charge in [0, 0.05) is 13.2 Å². The van der Waals surface area contributed by atoms with Crippen molar-refractivity contribution in [2.24, 2.45) is 7.05 Å².